The van der Waals surface area contributed by atoms with E-state index in [1.165, 1.54) is 0 Å². The molecule has 0 aliphatic carbocycles. The first kappa shape index (κ1) is 12.3. The lowest BCUT2D eigenvalue weighted by molar-refractivity contribution is -0.127. The molecule has 96 valence electrons. The summed E-state index contributed by atoms with van der Waals surface area (Å²) < 4.78 is 0. The Kier molecular flexibility index (Phi) is 3.96. The fourth-order valence-electron chi connectivity index (χ4n) is 2.34. The molecule has 2 aliphatic rings. The van der Waals surface area contributed by atoms with Crippen molar-refractivity contribution in [3.05, 3.63) is 0 Å². The summed E-state index contributed by atoms with van der Waals surface area (Å²) in [6, 6.07) is -0.0550. The molecule has 2 fully saturated rings. The molecule has 0 saturated carbocycles. The molecule has 0 aromatic rings. The molecule has 2 aliphatic heterocycles. The van der Waals surface area contributed by atoms with Gasteiger partial charge in [-0.05, 0) is 26.4 Å². The van der Waals surface area contributed by atoms with Crippen LogP contribution in [0.1, 0.15) is 12.8 Å². The van der Waals surface area contributed by atoms with E-state index in [9.17, 15) is 9.59 Å². The maximum atomic E-state index is 11.9. The molecule has 2 heterocycles. The van der Waals surface area contributed by atoms with Gasteiger partial charge in [0.25, 0.3) is 0 Å². The first-order valence-electron chi connectivity index (χ1n) is 6.14. The number of hydrogen-bond acceptors (Lipinski definition) is 4. The molecule has 0 aromatic carbocycles. The number of carbonyl (C=O) groups excluding carboxylic acids is 2. The van der Waals surface area contributed by atoms with Gasteiger partial charge >= 0.3 is 0 Å². The highest BCUT2D eigenvalue weighted by Crippen LogP contribution is 2.08. The third-order valence-corrected chi connectivity index (χ3v) is 3.30. The minimum Gasteiger partial charge on any atom is -0.353 e. The standard InChI is InChI=1S/C11H20N4O2/c1-15-4-2-3-8(7-15)14-11(17)9-5-13-10(16)6-12-9/h8-9,12H,2-7H2,1H3,(H,13,16)(H,14,17). The van der Waals surface area contributed by atoms with E-state index in [0.717, 1.165) is 25.9 Å². The summed E-state index contributed by atoms with van der Waals surface area (Å²) in [5.41, 5.74) is 0. The Hall–Kier alpha value is -1.14. The highest BCUT2D eigenvalue weighted by atomic mass is 16.2. The van der Waals surface area contributed by atoms with Crippen molar-refractivity contribution in [1.82, 2.24) is 20.9 Å². The average molecular weight is 240 g/mol. The Morgan fingerprint density at radius 1 is 1.53 bits per heavy atom. The third kappa shape index (κ3) is 3.41. The van der Waals surface area contributed by atoms with Gasteiger partial charge in [-0.1, -0.05) is 0 Å². The second-order valence-electron chi connectivity index (χ2n) is 4.85. The van der Waals surface area contributed by atoms with Crippen LogP contribution in [0.2, 0.25) is 0 Å². The van der Waals surface area contributed by atoms with Crippen LogP contribution in [0, 0.1) is 0 Å². The Morgan fingerprint density at radius 3 is 3.00 bits per heavy atom. The van der Waals surface area contributed by atoms with Gasteiger partial charge in [-0.25, -0.2) is 0 Å². The summed E-state index contributed by atoms with van der Waals surface area (Å²) in [4.78, 5) is 25.1. The second kappa shape index (κ2) is 5.46. The number of piperidine rings is 1. The topological polar surface area (TPSA) is 73.5 Å². The van der Waals surface area contributed by atoms with Gasteiger partial charge in [0.2, 0.25) is 11.8 Å². The van der Waals surface area contributed by atoms with Crippen molar-refractivity contribution in [2.24, 2.45) is 0 Å². The van der Waals surface area contributed by atoms with E-state index in [2.05, 4.69) is 27.9 Å². The number of likely N-dealkylation sites (N-methyl/N-ethyl adjacent to an activating group) is 1. The van der Waals surface area contributed by atoms with Gasteiger partial charge in [-0.15, -0.1) is 0 Å². The van der Waals surface area contributed by atoms with E-state index in [0.29, 0.717) is 6.54 Å². The van der Waals surface area contributed by atoms with E-state index in [-0.39, 0.29) is 30.4 Å². The van der Waals surface area contributed by atoms with Gasteiger partial charge in [-0.3, -0.25) is 14.9 Å². The van der Waals surface area contributed by atoms with Crippen LogP contribution in [0.25, 0.3) is 0 Å². The molecule has 17 heavy (non-hydrogen) atoms. The van der Waals surface area contributed by atoms with Crippen LogP contribution in [0.3, 0.4) is 0 Å². The van der Waals surface area contributed by atoms with Crippen LogP contribution in [0.5, 0.6) is 0 Å². The van der Waals surface area contributed by atoms with Gasteiger partial charge < -0.3 is 15.5 Å². The number of likely N-dealkylation sites (tertiary alicyclic amines) is 1. The number of piperazine rings is 1. The monoisotopic (exact) mass is 240 g/mol. The van der Waals surface area contributed by atoms with Crippen molar-refractivity contribution in [1.29, 1.82) is 0 Å². The zero-order chi connectivity index (χ0) is 12.3. The first-order chi connectivity index (χ1) is 8.15. The van der Waals surface area contributed by atoms with Gasteiger partial charge in [0, 0.05) is 19.1 Å². The Labute approximate surface area is 101 Å². The van der Waals surface area contributed by atoms with Crippen LogP contribution in [-0.4, -0.2) is 62.0 Å². The van der Waals surface area contributed by atoms with E-state index in [1.807, 2.05) is 0 Å². The third-order valence-electron chi connectivity index (χ3n) is 3.30. The number of nitrogens with one attached hydrogen (secondary N) is 3. The minimum absolute atomic E-state index is 0.00898. The molecule has 6 nitrogen and oxygen atoms in total. The number of hydrogen-bond donors (Lipinski definition) is 3. The van der Waals surface area contributed by atoms with Crippen molar-refractivity contribution in [3.8, 4) is 0 Å². The molecule has 0 bridgehead atoms. The maximum Gasteiger partial charge on any atom is 0.239 e. The van der Waals surface area contributed by atoms with E-state index in [1.54, 1.807) is 0 Å². The normalized spacial score (nSPS) is 30.8. The van der Waals surface area contributed by atoms with Gasteiger partial charge in [0.05, 0.1) is 6.54 Å². The lowest BCUT2D eigenvalue weighted by atomic mass is 10.1. The molecule has 3 N–H and O–H groups in total. The second-order valence-corrected chi connectivity index (χ2v) is 4.85. The molecule has 2 unspecified atom stereocenters. The number of rotatable bonds is 2. The molecule has 2 amide bonds. The van der Waals surface area contributed by atoms with Gasteiger partial charge in [-0.2, -0.15) is 0 Å². The largest absolute Gasteiger partial charge is 0.353 e. The first-order valence-corrected chi connectivity index (χ1v) is 6.14. The van der Waals surface area contributed by atoms with Crippen molar-refractivity contribution in [2.45, 2.75) is 24.9 Å². The van der Waals surface area contributed by atoms with Crippen molar-refractivity contribution >= 4 is 11.8 Å². The zero-order valence-electron chi connectivity index (χ0n) is 10.2. The molecule has 0 aromatic heterocycles. The van der Waals surface area contributed by atoms with Crippen LogP contribution in [0.15, 0.2) is 0 Å². The van der Waals surface area contributed by atoms with Crippen molar-refractivity contribution < 1.29 is 9.59 Å². The quantitative estimate of drug-likeness (QED) is 0.537. The number of nitrogens with zero attached hydrogens (tertiary/aromatic N) is 1. The minimum atomic E-state index is -0.292. The van der Waals surface area contributed by atoms with Crippen LogP contribution in [0.4, 0.5) is 0 Å². The molecular formula is C11H20N4O2. The van der Waals surface area contributed by atoms with Crippen molar-refractivity contribution in [3.63, 3.8) is 0 Å². The van der Waals surface area contributed by atoms with Crippen molar-refractivity contribution in [2.75, 3.05) is 33.2 Å². The molecule has 2 atom stereocenters. The Morgan fingerprint density at radius 2 is 2.35 bits per heavy atom. The van der Waals surface area contributed by atoms with E-state index >= 15 is 0 Å². The summed E-state index contributed by atoms with van der Waals surface area (Å²) >= 11 is 0. The van der Waals surface area contributed by atoms with Crippen LogP contribution in [-0.2, 0) is 9.59 Å². The molecule has 2 rings (SSSR count). The SMILES string of the molecule is CN1CCCC(NC(=O)C2CNC(=O)CN2)C1. The summed E-state index contributed by atoms with van der Waals surface area (Å²) in [5, 5.41) is 8.66. The highest BCUT2D eigenvalue weighted by Gasteiger charge is 2.26. The predicted molar refractivity (Wildman–Crippen MR) is 63.5 cm³/mol. The lowest BCUT2D eigenvalue weighted by Gasteiger charge is -2.32. The van der Waals surface area contributed by atoms with E-state index in [4.69, 9.17) is 0 Å². The Balaban J connectivity index is 1.78. The highest BCUT2D eigenvalue weighted by molar-refractivity contribution is 5.86. The predicted octanol–water partition coefficient (Wildman–Crippen LogP) is -1.72. The lowest BCUT2D eigenvalue weighted by Crippen LogP contribution is -2.60. The van der Waals surface area contributed by atoms with E-state index < -0.39 is 0 Å². The number of amides is 2. The smallest absolute Gasteiger partial charge is 0.239 e. The summed E-state index contributed by atoms with van der Waals surface area (Å²) in [6.45, 7) is 2.62. The van der Waals surface area contributed by atoms with Crippen LogP contribution >= 0.6 is 0 Å². The maximum absolute atomic E-state index is 11.9. The molecule has 0 spiro atoms. The molecule has 6 heteroatoms. The summed E-state index contributed by atoms with van der Waals surface area (Å²) in [5.74, 6) is -0.0586. The summed E-state index contributed by atoms with van der Waals surface area (Å²) in [6.07, 6.45) is 2.16. The molecule has 2 saturated heterocycles. The zero-order valence-corrected chi connectivity index (χ0v) is 10.2. The molecule has 0 radical (unpaired) electrons. The summed E-state index contributed by atoms with van der Waals surface area (Å²) in [7, 11) is 2.07. The van der Waals surface area contributed by atoms with Gasteiger partial charge in [0.15, 0.2) is 0 Å². The average Bonchev–Trinajstić information content (AvgIpc) is 2.29. The fourth-order valence-corrected chi connectivity index (χ4v) is 2.34. The van der Waals surface area contributed by atoms with Gasteiger partial charge in [0.1, 0.15) is 6.04 Å². The molecular weight excluding hydrogens is 220 g/mol. The fraction of sp³-hybridized carbons (Fsp3) is 0.818. The Bertz CT molecular complexity index is 298. The van der Waals surface area contributed by atoms with Crippen LogP contribution < -0.4 is 16.0 Å². The number of carbonyl (C=O) groups is 2.